The molecule has 0 aliphatic heterocycles. The normalized spacial score (nSPS) is 25.1. The summed E-state index contributed by atoms with van der Waals surface area (Å²) in [5.41, 5.74) is 7.56. The third-order valence-corrected chi connectivity index (χ3v) is 4.98. The Labute approximate surface area is 127 Å². The molecule has 114 valence electrons. The molecule has 1 aromatic rings. The fourth-order valence-corrected chi connectivity index (χ4v) is 3.80. The average Bonchev–Trinajstić information content (AvgIpc) is 2.81. The zero-order valence-electron chi connectivity index (χ0n) is 13.0. The maximum Gasteiger partial charge on any atom is 0.0834 e. The van der Waals surface area contributed by atoms with Crippen LogP contribution in [0.15, 0.2) is 6.20 Å². The number of halogens is 1. The number of rotatable bonds is 5. The van der Waals surface area contributed by atoms with E-state index in [-0.39, 0.29) is 6.04 Å². The van der Waals surface area contributed by atoms with Crippen molar-refractivity contribution in [3.8, 4) is 0 Å². The van der Waals surface area contributed by atoms with Crippen LogP contribution in [0.25, 0.3) is 0 Å². The molecule has 2 rings (SSSR count). The maximum atomic E-state index is 6.53. The summed E-state index contributed by atoms with van der Waals surface area (Å²) in [5.74, 6) is 1.46. The lowest BCUT2D eigenvalue weighted by atomic mass is 9.76. The molecule has 0 aromatic carbocycles. The van der Waals surface area contributed by atoms with Gasteiger partial charge in [-0.15, -0.1) is 0 Å². The minimum absolute atomic E-state index is 0.0231. The van der Waals surface area contributed by atoms with Crippen molar-refractivity contribution in [3.63, 3.8) is 0 Å². The Morgan fingerprint density at radius 2 is 2.00 bits per heavy atom. The van der Waals surface area contributed by atoms with Crippen LogP contribution in [0, 0.1) is 11.8 Å². The maximum absolute atomic E-state index is 6.53. The number of nitrogens with two attached hydrogens (primary N) is 1. The van der Waals surface area contributed by atoms with Crippen molar-refractivity contribution in [3.05, 3.63) is 16.9 Å². The lowest BCUT2D eigenvalue weighted by Gasteiger charge is -2.32. The smallest absolute Gasteiger partial charge is 0.0834 e. The van der Waals surface area contributed by atoms with Crippen molar-refractivity contribution in [2.45, 2.75) is 71.4 Å². The predicted molar refractivity (Wildman–Crippen MR) is 84.9 cm³/mol. The van der Waals surface area contributed by atoms with Gasteiger partial charge in [-0.05, 0) is 38.5 Å². The monoisotopic (exact) mass is 297 g/mol. The first-order valence-electron chi connectivity index (χ1n) is 8.03. The van der Waals surface area contributed by atoms with Gasteiger partial charge in [-0.25, -0.2) is 0 Å². The minimum Gasteiger partial charge on any atom is -0.322 e. The highest BCUT2D eigenvalue weighted by molar-refractivity contribution is 6.31. The number of hydrogen-bond acceptors (Lipinski definition) is 2. The van der Waals surface area contributed by atoms with Gasteiger partial charge in [-0.3, -0.25) is 4.68 Å². The fourth-order valence-electron chi connectivity index (χ4n) is 3.54. The van der Waals surface area contributed by atoms with E-state index in [1.54, 1.807) is 6.20 Å². The molecule has 0 bridgehead atoms. The van der Waals surface area contributed by atoms with Gasteiger partial charge in [0.25, 0.3) is 0 Å². The Bertz CT molecular complexity index is 419. The van der Waals surface area contributed by atoms with Crippen molar-refractivity contribution in [2.24, 2.45) is 17.6 Å². The minimum atomic E-state index is 0.0231. The summed E-state index contributed by atoms with van der Waals surface area (Å²) in [4.78, 5) is 0. The summed E-state index contributed by atoms with van der Waals surface area (Å²) in [5, 5.41) is 5.10. The van der Waals surface area contributed by atoms with Crippen LogP contribution in [0.3, 0.4) is 0 Å². The Hall–Kier alpha value is -0.540. The van der Waals surface area contributed by atoms with Crippen molar-refractivity contribution in [1.29, 1.82) is 0 Å². The average molecular weight is 298 g/mol. The molecule has 1 unspecified atom stereocenters. The second-order valence-electron chi connectivity index (χ2n) is 6.51. The van der Waals surface area contributed by atoms with Crippen molar-refractivity contribution >= 4 is 11.6 Å². The van der Waals surface area contributed by atoms with Gasteiger partial charge in [0, 0.05) is 6.04 Å². The van der Waals surface area contributed by atoms with Crippen molar-refractivity contribution < 1.29 is 0 Å². The van der Waals surface area contributed by atoms with Gasteiger partial charge >= 0.3 is 0 Å². The summed E-state index contributed by atoms with van der Waals surface area (Å²) in [6.45, 7) is 6.52. The third-order valence-electron chi connectivity index (χ3n) is 4.69. The highest BCUT2D eigenvalue weighted by Crippen LogP contribution is 2.39. The molecule has 0 saturated heterocycles. The van der Waals surface area contributed by atoms with E-state index >= 15 is 0 Å². The first kappa shape index (κ1) is 15.8. The molecule has 0 radical (unpaired) electrons. The van der Waals surface area contributed by atoms with Crippen LogP contribution in [-0.2, 0) is 0 Å². The van der Waals surface area contributed by atoms with Gasteiger partial charge in [-0.1, -0.05) is 44.2 Å². The molecular formula is C16H28ClN3. The molecular weight excluding hydrogens is 270 g/mol. The summed E-state index contributed by atoms with van der Waals surface area (Å²) in [7, 11) is 0. The second-order valence-corrected chi connectivity index (χ2v) is 6.92. The summed E-state index contributed by atoms with van der Waals surface area (Å²) in [6, 6.07) is 0.329. The fraction of sp³-hybridized carbons (Fsp3) is 0.812. The second kappa shape index (κ2) is 6.95. The zero-order valence-corrected chi connectivity index (χ0v) is 13.7. The standard InChI is InChI=1S/C16H28ClN3/c1-4-5-12-6-8-13(9-7-12)15(18)16-14(17)10-19-20(16)11(2)3/h10-13,15H,4-9,18H2,1-3H3. The number of aromatic nitrogens is 2. The van der Waals surface area contributed by atoms with E-state index in [1.807, 2.05) is 4.68 Å². The molecule has 1 saturated carbocycles. The summed E-state index contributed by atoms with van der Waals surface area (Å²) >= 11 is 6.32. The molecule has 3 nitrogen and oxygen atoms in total. The molecule has 1 atom stereocenters. The molecule has 1 aromatic heterocycles. The van der Waals surface area contributed by atoms with Gasteiger partial charge in [0.15, 0.2) is 0 Å². The summed E-state index contributed by atoms with van der Waals surface area (Å²) in [6.07, 6.45) is 9.50. The molecule has 0 amide bonds. The van der Waals surface area contributed by atoms with Gasteiger partial charge < -0.3 is 5.73 Å². The Morgan fingerprint density at radius 3 is 2.55 bits per heavy atom. The van der Waals surface area contributed by atoms with Crippen molar-refractivity contribution in [1.82, 2.24) is 9.78 Å². The zero-order chi connectivity index (χ0) is 14.7. The van der Waals surface area contributed by atoms with E-state index in [1.165, 1.54) is 38.5 Å². The molecule has 1 heterocycles. The van der Waals surface area contributed by atoms with E-state index in [4.69, 9.17) is 17.3 Å². The number of hydrogen-bond donors (Lipinski definition) is 1. The third kappa shape index (κ3) is 3.37. The highest BCUT2D eigenvalue weighted by atomic mass is 35.5. The van der Waals surface area contributed by atoms with Crippen LogP contribution in [0.5, 0.6) is 0 Å². The first-order chi connectivity index (χ1) is 9.54. The number of nitrogens with zero attached hydrogens (tertiary/aromatic N) is 2. The van der Waals surface area contributed by atoms with Crippen molar-refractivity contribution in [2.75, 3.05) is 0 Å². The Balaban J connectivity index is 2.05. The lowest BCUT2D eigenvalue weighted by Crippen LogP contribution is -2.28. The van der Waals surface area contributed by atoms with Gasteiger partial charge in [0.2, 0.25) is 0 Å². The molecule has 0 spiro atoms. The molecule has 1 aliphatic rings. The summed E-state index contributed by atoms with van der Waals surface area (Å²) < 4.78 is 1.99. The van der Waals surface area contributed by atoms with Crippen LogP contribution < -0.4 is 5.73 Å². The molecule has 1 fully saturated rings. The van der Waals surface area contributed by atoms with E-state index in [9.17, 15) is 0 Å². The molecule has 1 aliphatic carbocycles. The van der Waals surface area contributed by atoms with E-state index in [2.05, 4.69) is 25.9 Å². The van der Waals surface area contributed by atoms with Crippen LogP contribution in [-0.4, -0.2) is 9.78 Å². The quantitative estimate of drug-likeness (QED) is 0.854. The van der Waals surface area contributed by atoms with Crippen LogP contribution in [0.4, 0.5) is 0 Å². The SMILES string of the molecule is CCCC1CCC(C(N)c2c(Cl)cnn2C(C)C)CC1. The highest BCUT2D eigenvalue weighted by Gasteiger charge is 2.29. The Morgan fingerprint density at radius 1 is 1.35 bits per heavy atom. The van der Waals surface area contributed by atoms with E-state index in [0.29, 0.717) is 12.0 Å². The first-order valence-corrected chi connectivity index (χ1v) is 8.40. The van der Waals surface area contributed by atoms with Crippen LogP contribution >= 0.6 is 11.6 Å². The van der Waals surface area contributed by atoms with Gasteiger partial charge in [0.05, 0.1) is 23.0 Å². The molecule has 2 N–H and O–H groups in total. The molecule has 4 heteroatoms. The largest absolute Gasteiger partial charge is 0.322 e. The van der Waals surface area contributed by atoms with Gasteiger partial charge in [-0.2, -0.15) is 5.10 Å². The van der Waals surface area contributed by atoms with Crippen LogP contribution in [0.1, 0.15) is 77.1 Å². The lowest BCUT2D eigenvalue weighted by molar-refractivity contribution is 0.228. The topological polar surface area (TPSA) is 43.8 Å². The Kier molecular flexibility index (Phi) is 5.50. The van der Waals surface area contributed by atoms with Crippen LogP contribution in [0.2, 0.25) is 5.02 Å². The van der Waals surface area contributed by atoms with E-state index in [0.717, 1.165) is 16.6 Å². The molecule has 20 heavy (non-hydrogen) atoms. The van der Waals surface area contributed by atoms with E-state index < -0.39 is 0 Å². The predicted octanol–water partition coefficient (Wildman–Crippen LogP) is 4.72. The van der Waals surface area contributed by atoms with Gasteiger partial charge in [0.1, 0.15) is 0 Å².